The van der Waals surface area contributed by atoms with Crippen molar-refractivity contribution in [3.63, 3.8) is 0 Å². The zero-order valence-corrected chi connectivity index (χ0v) is 29.4. The van der Waals surface area contributed by atoms with Crippen LogP contribution < -0.4 is 0 Å². The average Bonchev–Trinajstić information content (AvgIpc) is 3.32. The van der Waals surface area contributed by atoms with Gasteiger partial charge in [0.25, 0.3) is 0 Å². The van der Waals surface area contributed by atoms with Crippen LogP contribution in [0.4, 0.5) is 0 Å². The van der Waals surface area contributed by atoms with E-state index in [1.807, 2.05) is 0 Å². The van der Waals surface area contributed by atoms with Crippen molar-refractivity contribution in [2.75, 3.05) is 0 Å². The summed E-state index contributed by atoms with van der Waals surface area (Å²) in [5, 5.41) is 8.96. The summed E-state index contributed by atoms with van der Waals surface area (Å²) in [5.41, 5.74) is 15.3. The molecule has 0 spiro atoms. The molecule has 1 aliphatic rings. The smallest absolute Gasteiger partial charge is 0.0537 e. The highest BCUT2D eigenvalue weighted by molar-refractivity contribution is 6.21. The number of nitrogens with zero attached hydrogens (tertiary/aromatic N) is 1. The minimum atomic E-state index is 0.855. The molecule has 1 nitrogen and oxygen atoms in total. The molecule has 0 amide bonds. The number of rotatable bonds is 4. The molecule has 9 aromatic rings. The molecule has 1 aliphatic carbocycles. The predicted molar refractivity (Wildman–Crippen MR) is 223 cm³/mol. The Morgan fingerprint density at radius 3 is 1.83 bits per heavy atom. The molecule has 10 rings (SSSR count). The molecule has 1 aromatic heterocycles. The van der Waals surface area contributed by atoms with Crippen LogP contribution in [0.15, 0.2) is 170 Å². The van der Waals surface area contributed by atoms with Gasteiger partial charge in [0.2, 0.25) is 0 Å². The van der Waals surface area contributed by atoms with E-state index >= 15 is 0 Å². The van der Waals surface area contributed by atoms with Gasteiger partial charge in [-0.1, -0.05) is 146 Å². The van der Waals surface area contributed by atoms with Crippen LogP contribution in [-0.2, 0) is 6.42 Å². The molecule has 1 heterocycles. The van der Waals surface area contributed by atoms with Gasteiger partial charge in [0.05, 0.1) is 5.52 Å². The minimum Gasteiger partial charge on any atom is -0.312 e. The lowest BCUT2D eigenvalue weighted by atomic mass is 9.84. The number of allylic oxidation sites excluding steroid dienone is 3. The van der Waals surface area contributed by atoms with Gasteiger partial charge in [0.15, 0.2) is 0 Å². The van der Waals surface area contributed by atoms with E-state index in [0.717, 1.165) is 6.42 Å². The summed E-state index contributed by atoms with van der Waals surface area (Å²) in [4.78, 5) is 0. The highest BCUT2D eigenvalue weighted by Crippen LogP contribution is 2.45. The lowest BCUT2D eigenvalue weighted by Crippen LogP contribution is -2.04. The Balaban J connectivity index is 1.17. The fourth-order valence-electron chi connectivity index (χ4n) is 8.65. The van der Waals surface area contributed by atoms with Gasteiger partial charge in [0, 0.05) is 28.8 Å². The van der Waals surface area contributed by atoms with Crippen molar-refractivity contribution in [3.8, 4) is 27.9 Å². The summed E-state index contributed by atoms with van der Waals surface area (Å²) in [6, 6.07) is 57.9. The third-order valence-electron chi connectivity index (χ3n) is 11.1. The first-order valence-corrected chi connectivity index (χ1v) is 18.2. The molecule has 0 bridgehead atoms. The van der Waals surface area contributed by atoms with Gasteiger partial charge in [-0.3, -0.25) is 0 Å². The third-order valence-corrected chi connectivity index (χ3v) is 11.1. The predicted octanol–water partition coefficient (Wildman–Crippen LogP) is 13.7. The molecule has 0 saturated carbocycles. The van der Waals surface area contributed by atoms with Crippen LogP contribution in [0.25, 0.3) is 82.8 Å². The van der Waals surface area contributed by atoms with Crippen LogP contribution in [0.2, 0.25) is 0 Å². The quantitative estimate of drug-likeness (QED) is 0.165. The highest BCUT2D eigenvalue weighted by Gasteiger charge is 2.22. The molecular weight excluding hydrogens is 627 g/mol. The zero-order chi connectivity index (χ0) is 34.8. The molecule has 0 aliphatic heterocycles. The number of aromatic nitrogens is 1. The monoisotopic (exact) mass is 663 g/mol. The number of para-hydroxylation sites is 1. The van der Waals surface area contributed by atoms with E-state index in [-0.39, 0.29) is 0 Å². The van der Waals surface area contributed by atoms with Crippen molar-refractivity contribution >= 4 is 54.9 Å². The van der Waals surface area contributed by atoms with Crippen molar-refractivity contribution < 1.29 is 0 Å². The molecule has 0 radical (unpaired) electrons. The molecule has 0 fully saturated rings. The first-order valence-electron chi connectivity index (χ1n) is 18.2. The molecule has 0 atom stereocenters. The van der Waals surface area contributed by atoms with Gasteiger partial charge >= 0.3 is 0 Å². The maximum Gasteiger partial charge on any atom is 0.0537 e. The second-order valence-corrected chi connectivity index (χ2v) is 14.1. The molecule has 1 heteroatoms. The van der Waals surface area contributed by atoms with Crippen LogP contribution in [0.3, 0.4) is 0 Å². The molecule has 0 saturated heterocycles. The summed E-state index contributed by atoms with van der Waals surface area (Å²) >= 11 is 0. The number of fused-ring (bicyclic) bond motifs is 6. The van der Waals surface area contributed by atoms with Crippen molar-refractivity contribution in [3.05, 3.63) is 198 Å². The minimum absolute atomic E-state index is 0.855. The van der Waals surface area contributed by atoms with Gasteiger partial charge < -0.3 is 4.57 Å². The standard InChI is InChI=1S/C51H37N/c1-33-30-49(34(2)29-45(33)51-43-23-10-8-21-41(43)50(36-16-4-3-5-17-36)42-22-9-11-24-44(42)51)52-47-25-13-12-20-40(47)46-32-38(19-14-26-48(46)52)39-28-27-35-15-6-7-18-37(35)31-39/h3-25,27-32H,26H2,1-2H3. The van der Waals surface area contributed by atoms with Crippen molar-refractivity contribution in [1.29, 1.82) is 0 Å². The van der Waals surface area contributed by atoms with Gasteiger partial charge in [0.1, 0.15) is 0 Å². The summed E-state index contributed by atoms with van der Waals surface area (Å²) in [7, 11) is 0. The summed E-state index contributed by atoms with van der Waals surface area (Å²) < 4.78 is 2.52. The largest absolute Gasteiger partial charge is 0.312 e. The van der Waals surface area contributed by atoms with E-state index < -0.39 is 0 Å². The molecule has 52 heavy (non-hydrogen) atoms. The van der Waals surface area contributed by atoms with E-state index in [4.69, 9.17) is 0 Å². The fourth-order valence-corrected chi connectivity index (χ4v) is 8.65. The summed E-state index contributed by atoms with van der Waals surface area (Å²) in [6.07, 6.45) is 7.91. The van der Waals surface area contributed by atoms with Crippen LogP contribution in [0.5, 0.6) is 0 Å². The van der Waals surface area contributed by atoms with Gasteiger partial charge in [-0.25, -0.2) is 0 Å². The average molecular weight is 664 g/mol. The topological polar surface area (TPSA) is 4.93 Å². The number of benzene rings is 8. The third kappa shape index (κ3) is 4.77. The summed E-state index contributed by atoms with van der Waals surface area (Å²) in [5.74, 6) is 0. The van der Waals surface area contributed by atoms with Gasteiger partial charge in [-0.15, -0.1) is 0 Å². The van der Waals surface area contributed by atoms with Crippen molar-refractivity contribution in [1.82, 2.24) is 4.57 Å². The van der Waals surface area contributed by atoms with E-state index in [1.165, 1.54) is 105 Å². The highest BCUT2D eigenvalue weighted by atomic mass is 15.0. The normalized spacial score (nSPS) is 12.8. The molecule has 246 valence electrons. The maximum atomic E-state index is 2.52. The Morgan fingerprint density at radius 1 is 0.481 bits per heavy atom. The number of hydrogen-bond donors (Lipinski definition) is 0. The Bertz CT molecular complexity index is 2880. The Morgan fingerprint density at radius 2 is 1.10 bits per heavy atom. The maximum absolute atomic E-state index is 2.52. The van der Waals surface area contributed by atoms with Crippen LogP contribution in [-0.4, -0.2) is 4.57 Å². The molecule has 0 unspecified atom stereocenters. The lowest BCUT2D eigenvalue weighted by molar-refractivity contribution is 0.989. The Kier molecular flexibility index (Phi) is 7.08. The Hall–Kier alpha value is -6.44. The molecular formula is C51H37N. The van der Waals surface area contributed by atoms with Crippen molar-refractivity contribution in [2.45, 2.75) is 20.3 Å². The van der Waals surface area contributed by atoms with Gasteiger partial charge in [-0.2, -0.15) is 0 Å². The second-order valence-electron chi connectivity index (χ2n) is 14.1. The fraction of sp³-hybridized carbons (Fsp3) is 0.0588. The molecule has 8 aromatic carbocycles. The first kappa shape index (κ1) is 30.4. The van der Waals surface area contributed by atoms with Crippen LogP contribution >= 0.6 is 0 Å². The number of aryl methyl sites for hydroxylation is 2. The first-order chi connectivity index (χ1) is 25.6. The lowest BCUT2D eigenvalue weighted by Gasteiger charge is -2.21. The van der Waals surface area contributed by atoms with E-state index in [1.54, 1.807) is 0 Å². The SMILES string of the molecule is Cc1cc(-n2c3c(c4ccccc42)C=C(c2ccc4ccccc4c2)C=CC3)c(C)cc1-c1c2ccccc2c(-c2ccccc2)c2ccccc12. The van der Waals surface area contributed by atoms with Gasteiger partial charge in [-0.05, 0) is 121 Å². The van der Waals surface area contributed by atoms with E-state index in [0.29, 0.717) is 0 Å². The van der Waals surface area contributed by atoms with E-state index in [9.17, 15) is 0 Å². The zero-order valence-electron chi connectivity index (χ0n) is 29.4. The number of hydrogen-bond acceptors (Lipinski definition) is 0. The van der Waals surface area contributed by atoms with E-state index in [2.05, 4.69) is 194 Å². The second kappa shape index (κ2) is 12.1. The molecule has 0 N–H and O–H groups in total. The Labute approximate surface area is 304 Å². The summed E-state index contributed by atoms with van der Waals surface area (Å²) in [6.45, 7) is 4.57. The van der Waals surface area contributed by atoms with Crippen molar-refractivity contribution in [2.24, 2.45) is 0 Å². The van der Waals surface area contributed by atoms with Crippen LogP contribution in [0, 0.1) is 13.8 Å². The van der Waals surface area contributed by atoms with Crippen LogP contribution in [0.1, 0.15) is 27.9 Å².